The largest absolute Gasteiger partial charge is 0.506 e. The number of hydrogen-bond acceptors (Lipinski definition) is 4. The molecule has 1 aliphatic heterocycles. The van der Waals surface area contributed by atoms with Crippen molar-refractivity contribution in [3.8, 4) is 11.5 Å². The van der Waals surface area contributed by atoms with E-state index in [1.165, 1.54) is 5.56 Å². The summed E-state index contributed by atoms with van der Waals surface area (Å²) in [5.74, 6) is 1.28. The van der Waals surface area contributed by atoms with Crippen molar-refractivity contribution < 1.29 is 9.84 Å². The second kappa shape index (κ2) is 7.23. The Balaban J connectivity index is 1.64. The summed E-state index contributed by atoms with van der Waals surface area (Å²) < 4.78 is 6.53. The van der Waals surface area contributed by atoms with Crippen molar-refractivity contribution in [2.75, 3.05) is 38.2 Å². The van der Waals surface area contributed by atoms with Gasteiger partial charge >= 0.3 is 0 Å². The number of aromatic hydroxyl groups is 1. The molecule has 3 rings (SSSR count). The number of piperazine rings is 1. The Kier molecular flexibility index (Phi) is 5.08. The Morgan fingerprint density at radius 2 is 1.83 bits per heavy atom. The van der Waals surface area contributed by atoms with Crippen LogP contribution in [0.1, 0.15) is 5.56 Å². The van der Waals surface area contributed by atoms with Gasteiger partial charge in [0, 0.05) is 42.8 Å². The van der Waals surface area contributed by atoms with Crippen LogP contribution >= 0.6 is 15.9 Å². The van der Waals surface area contributed by atoms with Crippen LogP contribution in [-0.2, 0) is 6.54 Å². The number of methoxy groups -OCH3 is 1. The van der Waals surface area contributed by atoms with Crippen LogP contribution in [0, 0.1) is 0 Å². The molecule has 1 saturated heterocycles. The maximum atomic E-state index is 9.99. The molecular formula is C18H21BrN2O2. The van der Waals surface area contributed by atoms with Gasteiger partial charge in [-0.3, -0.25) is 4.90 Å². The van der Waals surface area contributed by atoms with E-state index < -0.39 is 0 Å². The summed E-state index contributed by atoms with van der Waals surface area (Å²) in [6.45, 7) is 4.62. The molecule has 5 heteroatoms. The number of rotatable bonds is 4. The topological polar surface area (TPSA) is 35.9 Å². The molecule has 0 saturated carbocycles. The smallest absolute Gasteiger partial charge is 0.138 e. The fraction of sp³-hybridized carbons (Fsp3) is 0.333. The Hall–Kier alpha value is -1.72. The van der Waals surface area contributed by atoms with Crippen molar-refractivity contribution in [3.05, 3.63) is 52.5 Å². The van der Waals surface area contributed by atoms with Gasteiger partial charge in [-0.2, -0.15) is 0 Å². The van der Waals surface area contributed by atoms with E-state index in [9.17, 15) is 5.11 Å². The summed E-state index contributed by atoms with van der Waals surface area (Å²) in [7, 11) is 1.71. The van der Waals surface area contributed by atoms with Crippen molar-refractivity contribution in [1.29, 1.82) is 0 Å². The van der Waals surface area contributed by atoms with Gasteiger partial charge in [-0.1, -0.05) is 28.1 Å². The number of phenols is 1. The average molecular weight is 377 g/mol. The summed E-state index contributed by atoms with van der Waals surface area (Å²) in [6.07, 6.45) is 0. The third kappa shape index (κ3) is 3.79. The Morgan fingerprint density at radius 1 is 1.09 bits per heavy atom. The van der Waals surface area contributed by atoms with Crippen LogP contribution in [-0.4, -0.2) is 43.3 Å². The standard InChI is InChI=1S/C18H21BrN2O2/c1-23-18-7-6-15(19)12-14(18)13-20-8-10-21(11-9-20)16-4-2-3-5-17(16)22/h2-7,12,22H,8-11,13H2,1H3. The number of halogens is 1. The summed E-state index contributed by atoms with van der Waals surface area (Å²) in [5, 5.41) is 9.99. The second-order valence-corrected chi connectivity index (χ2v) is 6.62. The van der Waals surface area contributed by atoms with Crippen LogP contribution in [0.3, 0.4) is 0 Å². The first-order chi connectivity index (χ1) is 11.2. The fourth-order valence-electron chi connectivity index (χ4n) is 2.99. The van der Waals surface area contributed by atoms with Crippen molar-refractivity contribution in [1.82, 2.24) is 4.90 Å². The van der Waals surface area contributed by atoms with Gasteiger partial charge in [-0.05, 0) is 30.3 Å². The molecule has 0 bridgehead atoms. The zero-order chi connectivity index (χ0) is 16.2. The quantitative estimate of drug-likeness (QED) is 0.885. The highest BCUT2D eigenvalue weighted by atomic mass is 79.9. The highest BCUT2D eigenvalue weighted by Crippen LogP contribution is 2.28. The van der Waals surface area contributed by atoms with E-state index in [1.54, 1.807) is 13.2 Å². The van der Waals surface area contributed by atoms with E-state index in [0.29, 0.717) is 5.75 Å². The molecule has 0 aliphatic carbocycles. The predicted molar refractivity (Wildman–Crippen MR) is 96.3 cm³/mol. The molecule has 0 unspecified atom stereocenters. The molecule has 1 fully saturated rings. The van der Waals surface area contributed by atoms with Gasteiger partial charge in [0.1, 0.15) is 11.5 Å². The molecule has 4 nitrogen and oxygen atoms in total. The number of anilines is 1. The van der Waals surface area contributed by atoms with Crippen LogP contribution in [0.5, 0.6) is 11.5 Å². The Labute approximate surface area is 145 Å². The molecule has 2 aromatic rings. The van der Waals surface area contributed by atoms with E-state index >= 15 is 0 Å². The minimum Gasteiger partial charge on any atom is -0.506 e. The lowest BCUT2D eigenvalue weighted by Crippen LogP contribution is -2.46. The lowest BCUT2D eigenvalue weighted by Gasteiger charge is -2.36. The molecule has 122 valence electrons. The predicted octanol–water partition coefficient (Wildman–Crippen LogP) is 3.49. The first-order valence-electron chi connectivity index (χ1n) is 7.75. The van der Waals surface area contributed by atoms with Gasteiger partial charge in [0.15, 0.2) is 0 Å². The highest BCUT2D eigenvalue weighted by molar-refractivity contribution is 9.10. The minimum absolute atomic E-state index is 0.356. The minimum atomic E-state index is 0.356. The molecule has 0 spiro atoms. The summed E-state index contributed by atoms with van der Waals surface area (Å²) >= 11 is 3.53. The monoisotopic (exact) mass is 376 g/mol. The van der Waals surface area contributed by atoms with Gasteiger partial charge < -0.3 is 14.7 Å². The van der Waals surface area contributed by atoms with Crippen molar-refractivity contribution in [2.45, 2.75) is 6.54 Å². The SMILES string of the molecule is COc1ccc(Br)cc1CN1CCN(c2ccccc2O)CC1. The van der Waals surface area contributed by atoms with Crippen molar-refractivity contribution >= 4 is 21.6 Å². The third-order valence-corrected chi connectivity index (χ3v) is 4.72. The average Bonchev–Trinajstić information content (AvgIpc) is 2.56. The molecular weight excluding hydrogens is 356 g/mol. The number of phenolic OH excluding ortho intramolecular Hbond substituents is 1. The van der Waals surface area contributed by atoms with Crippen molar-refractivity contribution in [3.63, 3.8) is 0 Å². The molecule has 23 heavy (non-hydrogen) atoms. The second-order valence-electron chi connectivity index (χ2n) is 5.71. The maximum Gasteiger partial charge on any atom is 0.138 e. The molecule has 2 aromatic carbocycles. The van der Waals surface area contributed by atoms with E-state index in [1.807, 2.05) is 30.3 Å². The Bertz CT molecular complexity index is 670. The van der Waals surface area contributed by atoms with E-state index in [4.69, 9.17) is 4.74 Å². The molecule has 0 radical (unpaired) electrons. The van der Waals surface area contributed by atoms with Crippen LogP contribution in [0.25, 0.3) is 0 Å². The molecule has 0 aromatic heterocycles. The number of nitrogens with zero attached hydrogens (tertiary/aromatic N) is 2. The maximum absolute atomic E-state index is 9.99. The number of ether oxygens (including phenoxy) is 1. The van der Waals surface area contributed by atoms with E-state index in [-0.39, 0.29) is 0 Å². The zero-order valence-corrected chi connectivity index (χ0v) is 14.8. The number of benzene rings is 2. The zero-order valence-electron chi connectivity index (χ0n) is 13.2. The number of hydrogen-bond donors (Lipinski definition) is 1. The van der Waals surface area contributed by atoms with Gasteiger partial charge in [0.05, 0.1) is 12.8 Å². The summed E-state index contributed by atoms with van der Waals surface area (Å²) in [6, 6.07) is 13.7. The van der Waals surface area contributed by atoms with Crippen LogP contribution in [0.4, 0.5) is 5.69 Å². The van der Waals surface area contributed by atoms with Gasteiger partial charge in [-0.25, -0.2) is 0 Å². The van der Waals surface area contributed by atoms with Gasteiger partial charge in [0.25, 0.3) is 0 Å². The first-order valence-corrected chi connectivity index (χ1v) is 8.54. The van der Waals surface area contributed by atoms with Crippen molar-refractivity contribution in [2.24, 2.45) is 0 Å². The first kappa shape index (κ1) is 16.1. The molecule has 1 heterocycles. The number of para-hydroxylation sites is 2. The highest BCUT2D eigenvalue weighted by Gasteiger charge is 2.20. The lowest BCUT2D eigenvalue weighted by molar-refractivity contribution is 0.245. The van der Waals surface area contributed by atoms with Crippen LogP contribution < -0.4 is 9.64 Å². The normalized spacial score (nSPS) is 15.7. The van der Waals surface area contributed by atoms with Crippen LogP contribution in [0.2, 0.25) is 0 Å². The fourth-order valence-corrected chi connectivity index (χ4v) is 3.40. The molecule has 0 atom stereocenters. The van der Waals surface area contributed by atoms with E-state index in [2.05, 4.69) is 31.8 Å². The summed E-state index contributed by atoms with van der Waals surface area (Å²) in [4.78, 5) is 4.66. The van der Waals surface area contributed by atoms with E-state index in [0.717, 1.165) is 48.6 Å². The third-order valence-electron chi connectivity index (χ3n) is 4.23. The van der Waals surface area contributed by atoms with Gasteiger partial charge in [0.2, 0.25) is 0 Å². The molecule has 1 aliphatic rings. The molecule has 1 N–H and O–H groups in total. The lowest BCUT2D eigenvalue weighted by atomic mass is 10.1. The Morgan fingerprint density at radius 3 is 2.52 bits per heavy atom. The summed E-state index contributed by atoms with van der Waals surface area (Å²) in [5.41, 5.74) is 2.12. The van der Waals surface area contributed by atoms with Gasteiger partial charge in [-0.15, -0.1) is 0 Å². The van der Waals surface area contributed by atoms with Crippen LogP contribution in [0.15, 0.2) is 46.9 Å². The molecule has 0 amide bonds.